The quantitative estimate of drug-likeness (QED) is 0.823. The first-order valence-electron chi connectivity index (χ1n) is 8.82. The Kier molecular flexibility index (Phi) is 5.41. The molecule has 0 aromatic carbocycles. The third kappa shape index (κ3) is 3.96. The Morgan fingerprint density at radius 1 is 1.23 bits per heavy atom. The molecule has 138 valence electrons. The first-order valence-corrected chi connectivity index (χ1v) is 8.82. The summed E-state index contributed by atoms with van der Waals surface area (Å²) in [5.41, 5.74) is 3.70. The first-order chi connectivity index (χ1) is 12.5. The van der Waals surface area contributed by atoms with Crippen LogP contribution in [0, 0.1) is 20.8 Å². The van der Waals surface area contributed by atoms with Crippen molar-refractivity contribution in [2.75, 3.05) is 25.0 Å². The normalized spacial score (nSPS) is 16.8. The van der Waals surface area contributed by atoms with E-state index in [1.807, 2.05) is 32.9 Å². The highest BCUT2D eigenvalue weighted by molar-refractivity contribution is 5.90. The maximum absolute atomic E-state index is 11.9. The van der Waals surface area contributed by atoms with Gasteiger partial charge in [-0.15, -0.1) is 0 Å². The molecule has 3 rings (SSSR count). The number of carbonyl (C=O) groups is 1. The van der Waals surface area contributed by atoms with Gasteiger partial charge in [-0.2, -0.15) is 10.2 Å². The summed E-state index contributed by atoms with van der Waals surface area (Å²) in [4.78, 5) is 22.9. The molecule has 1 aliphatic rings. The van der Waals surface area contributed by atoms with E-state index in [0.29, 0.717) is 12.6 Å². The summed E-state index contributed by atoms with van der Waals surface area (Å²) < 4.78 is 0. The predicted molar refractivity (Wildman–Crippen MR) is 99.1 cm³/mol. The van der Waals surface area contributed by atoms with Crippen LogP contribution in [-0.4, -0.2) is 52.3 Å². The van der Waals surface area contributed by atoms with Crippen LogP contribution in [0.4, 0.5) is 5.82 Å². The largest absolute Gasteiger partial charge is 0.355 e. The Bertz CT molecular complexity index is 791. The maximum Gasteiger partial charge on any atom is 0.288 e. The van der Waals surface area contributed by atoms with E-state index in [1.54, 1.807) is 7.05 Å². The summed E-state index contributed by atoms with van der Waals surface area (Å²) in [5, 5.41) is 14.4. The molecule has 1 aliphatic heterocycles. The lowest BCUT2D eigenvalue weighted by atomic mass is 10.2. The van der Waals surface area contributed by atoms with E-state index in [2.05, 4.69) is 35.7 Å². The first kappa shape index (κ1) is 18.2. The van der Waals surface area contributed by atoms with E-state index < -0.39 is 0 Å². The highest BCUT2D eigenvalue weighted by atomic mass is 16.2. The average Bonchev–Trinajstić information content (AvgIpc) is 3.11. The topological polar surface area (TPSA) is 95.9 Å². The zero-order chi connectivity index (χ0) is 18.7. The standard InChI is InChI=1S/C18H25N7O/c1-11-5-6-14(24-23-11)9-20-15-7-8-25(10-15)17-12(2)13(3)21-16(22-17)18(26)19-4/h5-6,15,20H,7-10H2,1-4H3,(H,19,26)/t15-/m1/s1. The zero-order valence-electron chi connectivity index (χ0n) is 15.7. The van der Waals surface area contributed by atoms with Gasteiger partial charge in [0.2, 0.25) is 5.82 Å². The monoisotopic (exact) mass is 355 g/mol. The average molecular weight is 355 g/mol. The molecular weight excluding hydrogens is 330 g/mol. The molecule has 0 radical (unpaired) electrons. The SMILES string of the molecule is CNC(=O)c1nc(C)c(C)c(N2CC[C@@H](NCc3ccc(C)nn3)C2)n1. The van der Waals surface area contributed by atoms with Crippen molar-refractivity contribution in [2.45, 2.75) is 39.8 Å². The minimum atomic E-state index is -0.263. The van der Waals surface area contributed by atoms with Crippen molar-refractivity contribution in [2.24, 2.45) is 0 Å². The van der Waals surface area contributed by atoms with Crippen molar-refractivity contribution in [3.8, 4) is 0 Å². The van der Waals surface area contributed by atoms with Crippen LogP contribution in [-0.2, 0) is 6.54 Å². The predicted octanol–water partition coefficient (Wildman–Crippen LogP) is 0.920. The van der Waals surface area contributed by atoms with Crippen molar-refractivity contribution in [1.29, 1.82) is 0 Å². The summed E-state index contributed by atoms with van der Waals surface area (Å²) in [6.07, 6.45) is 1.01. The molecule has 26 heavy (non-hydrogen) atoms. The molecule has 0 saturated carbocycles. The van der Waals surface area contributed by atoms with E-state index >= 15 is 0 Å². The molecule has 1 amide bonds. The molecule has 0 spiro atoms. The Labute approximate surface area is 153 Å². The zero-order valence-corrected chi connectivity index (χ0v) is 15.7. The molecule has 8 heteroatoms. The number of hydrogen-bond acceptors (Lipinski definition) is 7. The Morgan fingerprint density at radius 2 is 2.04 bits per heavy atom. The van der Waals surface area contributed by atoms with Crippen LogP contribution in [0.15, 0.2) is 12.1 Å². The van der Waals surface area contributed by atoms with Gasteiger partial charge in [-0.05, 0) is 39.3 Å². The van der Waals surface area contributed by atoms with Gasteiger partial charge in [0.25, 0.3) is 5.91 Å². The van der Waals surface area contributed by atoms with Gasteiger partial charge in [0, 0.05) is 44.0 Å². The number of nitrogens with zero attached hydrogens (tertiary/aromatic N) is 5. The van der Waals surface area contributed by atoms with Gasteiger partial charge in [-0.3, -0.25) is 4.79 Å². The summed E-state index contributed by atoms with van der Waals surface area (Å²) >= 11 is 0. The smallest absolute Gasteiger partial charge is 0.288 e. The number of aryl methyl sites for hydroxylation is 2. The summed E-state index contributed by atoms with van der Waals surface area (Å²) in [6.45, 7) is 8.26. The lowest BCUT2D eigenvalue weighted by Gasteiger charge is -2.21. The fourth-order valence-corrected chi connectivity index (χ4v) is 3.02. The summed E-state index contributed by atoms with van der Waals surface area (Å²) in [6, 6.07) is 4.31. The highest BCUT2D eigenvalue weighted by Crippen LogP contribution is 2.24. The number of nitrogens with one attached hydrogen (secondary N) is 2. The summed E-state index contributed by atoms with van der Waals surface area (Å²) in [7, 11) is 1.59. The molecule has 2 N–H and O–H groups in total. The third-order valence-electron chi connectivity index (χ3n) is 4.71. The van der Waals surface area contributed by atoms with Gasteiger partial charge in [0.15, 0.2) is 0 Å². The van der Waals surface area contributed by atoms with Crippen LogP contribution in [0.25, 0.3) is 0 Å². The second kappa shape index (κ2) is 7.74. The van der Waals surface area contributed by atoms with E-state index in [0.717, 1.165) is 48.0 Å². The van der Waals surface area contributed by atoms with Gasteiger partial charge in [-0.25, -0.2) is 9.97 Å². The molecule has 2 aromatic heterocycles. The van der Waals surface area contributed by atoms with E-state index in [9.17, 15) is 4.79 Å². The molecule has 0 aliphatic carbocycles. The molecular formula is C18H25N7O. The van der Waals surface area contributed by atoms with E-state index in [4.69, 9.17) is 0 Å². The van der Waals surface area contributed by atoms with Crippen molar-refractivity contribution in [3.05, 3.63) is 40.6 Å². The fourth-order valence-electron chi connectivity index (χ4n) is 3.02. The summed E-state index contributed by atoms with van der Waals surface area (Å²) in [5.74, 6) is 0.800. The number of rotatable bonds is 5. The van der Waals surface area contributed by atoms with Crippen molar-refractivity contribution in [3.63, 3.8) is 0 Å². The van der Waals surface area contributed by atoms with Crippen LogP contribution in [0.1, 0.15) is 39.7 Å². The Hall–Kier alpha value is -2.61. The second-order valence-corrected chi connectivity index (χ2v) is 6.64. The number of hydrogen-bond donors (Lipinski definition) is 2. The van der Waals surface area contributed by atoms with Gasteiger partial charge < -0.3 is 15.5 Å². The van der Waals surface area contributed by atoms with Crippen molar-refractivity contribution < 1.29 is 4.79 Å². The molecule has 1 saturated heterocycles. The molecule has 0 bridgehead atoms. The molecule has 8 nitrogen and oxygen atoms in total. The Balaban J connectivity index is 1.67. The van der Waals surface area contributed by atoms with Crippen LogP contribution in [0.2, 0.25) is 0 Å². The third-order valence-corrected chi connectivity index (χ3v) is 4.71. The minimum absolute atomic E-state index is 0.219. The number of amides is 1. The van der Waals surface area contributed by atoms with Crippen LogP contribution < -0.4 is 15.5 Å². The highest BCUT2D eigenvalue weighted by Gasteiger charge is 2.26. The van der Waals surface area contributed by atoms with E-state index in [-0.39, 0.29) is 11.7 Å². The van der Waals surface area contributed by atoms with Gasteiger partial charge in [0.05, 0.1) is 11.4 Å². The van der Waals surface area contributed by atoms with Crippen molar-refractivity contribution >= 4 is 11.7 Å². The lowest BCUT2D eigenvalue weighted by molar-refractivity contribution is 0.0952. The van der Waals surface area contributed by atoms with Crippen LogP contribution >= 0.6 is 0 Å². The molecule has 0 unspecified atom stereocenters. The maximum atomic E-state index is 11.9. The molecule has 1 atom stereocenters. The van der Waals surface area contributed by atoms with Gasteiger partial charge >= 0.3 is 0 Å². The molecule has 2 aromatic rings. The number of aromatic nitrogens is 4. The Morgan fingerprint density at radius 3 is 2.73 bits per heavy atom. The fraction of sp³-hybridized carbons (Fsp3) is 0.500. The molecule has 1 fully saturated rings. The molecule has 3 heterocycles. The van der Waals surface area contributed by atoms with Gasteiger partial charge in [0.1, 0.15) is 5.82 Å². The minimum Gasteiger partial charge on any atom is -0.355 e. The van der Waals surface area contributed by atoms with Crippen LogP contribution in [0.5, 0.6) is 0 Å². The van der Waals surface area contributed by atoms with E-state index in [1.165, 1.54) is 0 Å². The van der Waals surface area contributed by atoms with Gasteiger partial charge in [-0.1, -0.05) is 0 Å². The second-order valence-electron chi connectivity index (χ2n) is 6.64. The number of carbonyl (C=O) groups excluding carboxylic acids is 1. The van der Waals surface area contributed by atoms with Crippen LogP contribution in [0.3, 0.4) is 0 Å². The lowest BCUT2D eigenvalue weighted by Crippen LogP contribution is -2.33. The van der Waals surface area contributed by atoms with Crippen molar-refractivity contribution in [1.82, 2.24) is 30.8 Å². The number of anilines is 1.